The highest BCUT2D eigenvalue weighted by atomic mass is 31.2. The van der Waals surface area contributed by atoms with Crippen molar-refractivity contribution in [3.63, 3.8) is 0 Å². The molecule has 0 saturated heterocycles. The normalized spacial score (nSPS) is 21.5. The summed E-state index contributed by atoms with van der Waals surface area (Å²) in [6.07, 6.45) is -0.120. The molecule has 1 aliphatic carbocycles. The van der Waals surface area contributed by atoms with E-state index in [4.69, 9.17) is 9.79 Å². The average Bonchev–Trinajstić information content (AvgIpc) is 2.15. The van der Waals surface area contributed by atoms with E-state index in [1.54, 1.807) is 0 Å². The summed E-state index contributed by atoms with van der Waals surface area (Å²) in [5.41, 5.74) is -2.49. The van der Waals surface area contributed by atoms with Gasteiger partial charge in [-0.3, -0.25) is 4.57 Å². The molecule has 1 saturated carbocycles. The molecule has 7 heteroatoms. The maximum Gasteiger partial charge on any atom is 0.403 e. The van der Waals surface area contributed by atoms with E-state index in [0.29, 0.717) is 0 Å². The second kappa shape index (κ2) is 5.72. The molecule has 0 bridgehead atoms. The molecule has 1 atom stereocenters. The Bertz CT molecular complexity index is 281. The van der Waals surface area contributed by atoms with E-state index in [2.05, 4.69) is 0 Å². The number of hydrogen-bond donors (Lipinski definition) is 2. The van der Waals surface area contributed by atoms with Crippen molar-refractivity contribution < 1.29 is 27.5 Å². The Balaban J connectivity index is 2.52. The third-order valence-corrected chi connectivity index (χ3v) is 4.72. The van der Waals surface area contributed by atoms with Crippen molar-refractivity contribution in [2.75, 3.05) is 0 Å². The van der Waals surface area contributed by atoms with Crippen LogP contribution < -0.4 is 0 Å². The lowest BCUT2D eigenvalue weighted by Crippen LogP contribution is -2.29. The molecular formula is C10H18F3O3P. The molecule has 0 amide bonds. The van der Waals surface area contributed by atoms with E-state index in [1.807, 2.05) is 0 Å². The second-order valence-corrected chi connectivity index (χ2v) is 6.53. The predicted octanol–water partition coefficient (Wildman–Crippen LogP) is 3.46. The molecule has 3 nitrogen and oxygen atoms in total. The van der Waals surface area contributed by atoms with E-state index in [0.717, 1.165) is 32.1 Å². The summed E-state index contributed by atoms with van der Waals surface area (Å²) in [4.78, 5) is 17.5. The van der Waals surface area contributed by atoms with Crippen LogP contribution in [0.1, 0.15) is 44.9 Å². The van der Waals surface area contributed by atoms with Crippen LogP contribution in [-0.2, 0) is 4.57 Å². The lowest BCUT2D eigenvalue weighted by Gasteiger charge is -2.25. The standard InChI is InChI=1S/C10H18F3O3P/c11-10(12,13)9(17(14,15)16)7-6-8-4-2-1-3-5-8/h8-9H,1-7H2,(H2,14,15,16). The van der Waals surface area contributed by atoms with Crippen LogP contribution in [0.4, 0.5) is 13.2 Å². The highest BCUT2D eigenvalue weighted by Gasteiger charge is 2.50. The highest BCUT2D eigenvalue weighted by Crippen LogP contribution is 2.51. The summed E-state index contributed by atoms with van der Waals surface area (Å²) in [6.45, 7) is 0. The number of rotatable bonds is 4. The van der Waals surface area contributed by atoms with Gasteiger partial charge in [-0.15, -0.1) is 0 Å². The van der Waals surface area contributed by atoms with Crippen molar-refractivity contribution in [1.29, 1.82) is 0 Å². The van der Waals surface area contributed by atoms with Crippen molar-refractivity contribution in [1.82, 2.24) is 0 Å². The molecule has 0 aromatic carbocycles. The van der Waals surface area contributed by atoms with Gasteiger partial charge in [0.2, 0.25) is 0 Å². The lowest BCUT2D eigenvalue weighted by atomic mass is 9.86. The molecule has 0 spiro atoms. The topological polar surface area (TPSA) is 57.5 Å². The third kappa shape index (κ3) is 4.98. The Labute approximate surface area is 98.6 Å². The molecule has 0 aliphatic heterocycles. The van der Waals surface area contributed by atoms with E-state index >= 15 is 0 Å². The molecule has 102 valence electrons. The van der Waals surface area contributed by atoms with Crippen LogP contribution in [0.5, 0.6) is 0 Å². The summed E-state index contributed by atoms with van der Waals surface area (Å²) in [6, 6.07) is 0. The van der Waals surface area contributed by atoms with Gasteiger partial charge < -0.3 is 9.79 Å². The molecule has 0 aromatic heterocycles. The predicted molar refractivity (Wildman–Crippen MR) is 57.7 cm³/mol. The van der Waals surface area contributed by atoms with Gasteiger partial charge in [0.1, 0.15) is 0 Å². The maximum absolute atomic E-state index is 12.5. The van der Waals surface area contributed by atoms with Gasteiger partial charge in [0.05, 0.1) is 0 Å². The van der Waals surface area contributed by atoms with E-state index in [-0.39, 0.29) is 12.3 Å². The zero-order chi connectivity index (χ0) is 13.1. The Morgan fingerprint density at radius 3 is 2.12 bits per heavy atom. The molecule has 2 N–H and O–H groups in total. The Kier molecular flexibility index (Phi) is 5.05. The van der Waals surface area contributed by atoms with Gasteiger partial charge in [-0.2, -0.15) is 13.2 Å². The highest BCUT2D eigenvalue weighted by molar-refractivity contribution is 7.52. The Hall–Kier alpha value is -0.0600. The fourth-order valence-corrected chi connectivity index (χ4v) is 3.26. The third-order valence-electron chi connectivity index (χ3n) is 3.36. The molecule has 1 unspecified atom stereocenters. The largest absolute Gasteiger partial charge is 0.403 e. The zero-order valence-electron chi connectivity index (χ0n) is 9.49. The first-order valence-corrected chi connectivity index (χ1v) is 7.51. The Morgan fingerprint density at radius 1 is 1.18 bits per heavy atom. The summed E-state index contributed by atoms with van der Waals surface area (Å²) in [5.74, 6) is 0.195. The number of alkyl halides is 3. The van der Waals surface area contributed by atoms with Gasteiger partial charge in [0, 0.05) is 0 Å². The fourth-order valence-electron chi connectivity index (χ4n) is 2.39. The molecule has 1 aliphatic rings. The van der Waals surface area contributed by atoms with Crippen molar-refractivity contribution in [2.45, 2.75) is 56.8 Å². The monoisotopic (exact) mass is 274 g/mol. The van der Waals surface area contributed by atoms with Crippen LogP contribution in [0, 0.1) is 5.92 Å². The van der Waals surface area contributed by atoms with Crippen LogP contribution in [0.3, 0.4) is 0 Å². The fraction of sp³-hybridized carbons (Fsp3) is 1.00. The van der Waals surface area contributed by atoms with Gasteiger partial charge in [-0.1, -0.05) is 32.1 Å². The van der Waals surface area contributed by atoms with Gasteiger partial charge in [0.15, 0.2) is 5.66 Å². The minimum Gasteiger partial charge on any atom is -0.324 e. The molecule has 0 heterocycles. The van der Waals surface area contributed by atoms with Crippen molar-refractivity contribution >= 4 is 7.60 Å². The first-order chi connectivity index (χ1) is 7.71. The molecule has 0 aromatic rings. The minimum atomic E-state index is -5.09. The van der Waals surface area contributed by atoms with Crippen LogP contribution >= 0.6 is 7.60 Å². The van der Waals surface area contributed by atoms with E-state index in [9.17, 15) is 17.7 Å². The quantitative estimate of drug-likeness (QED) is 0.772. The van der Waals surface area contributed by atoms with Crippen molar-refractivity contribution in [3.05, 3.63) is 0 Å². The van der Waals surface area contributed by atoms with Crippen molar-refractivity contribution in [2.24, 2.45) is 5.92 Å². The van der Waals surface area contributed by atoms with Gasteiger partial charge >= 0.3 is 13.8 Å². The van der Waals surface area contributed by atoms with Gasteiger partial charge in [-0.05, 0) is 18.8 Å². The minimum absolute atomic E-state index is 0.195. The van der Waals surface area contributed by atoms with Crippen LogP contribution in [0.2, 0.25) is 0 Å². The number of halogens is 3. The SMILES string of the molecule is O=P(O)(O)C(CCC1CCCCC1)C(F)(F)F. The average molecular weight is 274 g/mol. The van der Waals surface area contributed by atoms with E-state index in [1.165, 1.54) is 0 Å². The van der Waals surface area contributed by atoms with Crippen LogP contribution in [0.15, 0.2) is 0 Å². The molecule has 0 radical (unpaired) electrons. The first kappa shape index (κ1) is 15.0. The molecule has 17 heavy (non-hydrogen) atoms. The van der Waals surface area contributed by atoms with Gasteiger partial charge in [-0.25, -0.2) is 0 Å². The van der Waals surface area contributed by atoms with E-state index < -0.39 is 25.9 Å². The molecule has 1 fully saturated rings. The maximum atomic E-state index is 12.5. The van der Waals surface area contributed by atoms with Crippen LogP contribution in [0.25, 0.3) is 0 Å². The Morgan fingerprint density at radius 2 is 1.71 bits per heavy atom. The summed E-state index contributed by atoms with van der Waals surface area (Å²) >= 11 is 0. The smallest absolute Gasteiger partial charge is 0.324 e. The molecule has 1 rings (SSSR count). The molecular weight excluding hydrogens is 256 g/mol. The van der Waals surface area contributed by atoms with Gasteiger partial charge in [0.25, 0.3) is 0 Å². The summed E-state index contributed by atoms with van der Waals surface area (Å²) < 4.78 is 48.3. The van der Waals surface area contributed by atoms with Crippen LogP contribution in [-0.4, -0.2) is 21.6 Å². The summed E-state index contributed by atoms with van der Waals surface area (Å²) in [7, 11) is -5.09. The number of hydrogen-bond acceptors (Lipinski definition) is 1. The first-order valence-electron chi connectivity index (χ1n) is 5.83. The second-order valence-electron chi connectivity index (χ2n) is 4.73. The zero-order valence-corrected chi connectivity index (χ0v) is 10.4. The lowest BCUT2D eigenvalue weighted by molar-refractivity contribution is -0.136. The summed E-state index contributed by atoms with van der Waals surface area (Å²) in [5, 5.41) is 0. The van der Waals surface area contributed by atoms with Crippen molar-refractivity contribution in [3.8, 4) is 0 Å².